The number of rotatable bonds is 7. The lowest BCUT2D eigenvalue weighted by atomic mass is 10.2. The van der Waals surface area contributed by atoms with Crippen molar-refractivity contribution in [2.24, 2.45) is 0 Å². The second-order valence-corrected chi connectivity index (χ2v) is 7.97. The minimum absolute atomic E-state index is 0.107. The molecule has 2 heterocycles. The van der Waals surface area contributed by atoms with Gasteiger partial charge in [0.15, 0.2) is 0 Å². The number of nitrogens with zero attached hydrogens (tertiary/aromatic N) is 4. The van der Waals surface area contributed by atoms with Crippen LogP contribution in [0.25, 0.3) is 0 Å². The smallest absolute Gasteiger partial charge is 0.375 e. The van der Waals surface area contributed by atoms with Gasteiger partial charge in [0.25, 0.3) is 5.56 Å². The van der Waals surface area contributed by atoms with Crippen LogP contribution in [0.2, 0.25) is 0 Å². The van der Waals surface area contributed by atoms with Crippen molar-refractivity contribution in [2.45, 2.75) is 19.1 Å². The summed E-state index contributed by atoms with van der Waals surface area (Å²) in [6.07, 6.45) is -2.52. The lowest BCUT2D eigenvalue weighted by Crippen LogP contribution is -2.45. The second kappa shape index (κ2) is 9.66. The molecule has 0 N–H and O–H groups in total. The molecule has 0 radical (unpaired) electrons. The Kier molecular flexibility index (Phi) is 7.20. The van der Waals surface area contributed by atoms with Crippen LogP contribution >= 0.6 is 0 Å². The summed E-state index contributed by atoms with van der Waals surface area (Å²) in [6, 6.07) is 9.40. The number of anilines is 1. The predicted octanol–water partition coefficient (Wildman–Crippen LogP) is 2.99. The first-order valence-electron chi connectivity index (χ1n) is 10.2. The molecule has 5 nitrogen and oxygen atoms in total. The standard InChI is InChI=1S/C22H29F3N4O/c1-26-12-14-28(15-13-26)11-3-10-27(2)20-7-4-18(5-8-20)16-29-17-19(22(23,24)25)6-9-21(29)30/h4-9,17H,3,10-16H2,1-2H3. The van der Waals surface area contributed by atoms with E-state index in [-0.39, 0.29) is 6.54 Å². The maximum Gasteiger partial charge on any atom is 0.417 e. The number of hydrogen-bond acceptors (Lipinski definition) is 4. The second-order valence-electron chi connectivity index (χ2n) is 7.97. The molecule has 0 amide bonds. The molecular formula is C22H29F3N4O. The largest absolute Gasteiger partial charge is 0.417 e. The molecule has 1 fully saturated rings. The summed E-state index contributed by atoms with van der Waals surface area (Å²) in [5, 5.41) is 0. The topological polar surface area (TPSA) is 31.7 Å². The molecule has 0 saturated carbocycles. The van der Waals surface area contributed by atoms with Crippen LogP contribution in [0, 0.1) is 0 Å². The molecule has 0 unspecified atom stereocenters. The van der Waals surface area contributed by atoms with E-state index in [0.717, 1.165) is 79.8 Å². The highest BCUT2D eigenvalue weighted by Gasteiger charge is 2.31. The number of alkyl halides is 3. The molecule has 0 bridgehead atoms. The van der Waals surface area contributed by atoms with E-state index < -0.39 is 17.3 Å². The van der Waals surface area contributed by atoms with Crippen molar-refractivity contribution in [3.8, 4) is 0 Å². The zero-order valence-electron chi connectivity index (χ0n) is 17.5. The minimum atomic E-state index is -4.47. The summed E-state index contributed by atoms with van der Waals surface area (Å²) in [6.45, 7) is 6.58. The van der Waals surface area contributed by atoms with Crippen molar-refractivity contribution in [3.05, 3.63) is 64.1 Å². The highest BCUT2D eigenvalue weighted by Crippen LogP contribution is 2.28. The lowest BCUT2D eigenvalue weighted by molar-refractivity contribution is -0.138. The quantitative estimate of drug-likeness (QED) is 0.687. The van der Waals surface area contributed by atoms with Crippen LogP contribution in [-0.2, 0) is 12.7 Å². The van der Waals surface area contributed by atoms with Gasteiger partial charge in [-0.1, -0.05) is 12.1 Å². The van der Waals surface area contributed by atoms with Crippen LogP contribution in [0.1, 0.15) is 17.5 Å². The number of halogens is 3. The van der Waals surface area contributed by atoms with E-state index in [1.165, 1.54) is 0 Å². The molecule has 1 aromatic carbocycles. The zero-order valence-corrected chi connectivity index (χ0v) is 17.5. The summed E-state index contributed by atoms with van der Waals surface area (Å²) in [4.78, 5) is 18.9. The minimum Gasteiger partial charge on any atom is -0.375 e. The summed E-state index contributed by atoms with van der Waals surface area (Å²) in [5.74, 6) is 0. The number of likely N-dealkylation sites (N-methyl/N-ethyl adjacent to an activating group) is 1. The third-order valence-corrected chi connectivity index (χ3v) is 5.60. The van der Waals surface area contributed by atoms with Crippen LogP contribution < -0.4 is 10.5 Å². The number of aromatic nitrogens is 1. The first-order valence-corrected chi connectivity index (χ1v) is 10.2. The van der Waals surface area contributed by atoms with Gasteiger partial charge in [0.05, 0.1) is 12.1 Å². The third kappa shape index (κ3) is 6.09. The van der Waals surface area contributed by atoms with Crippen LogP contribution in [0.3, 0.4) is 0 Å². The maximum absolute atomic E-state index is 12.9. The fourth-order valence-electron chi connectivity index (χ4n) is 3.61. The van der Waals surface area contributed by atoms with Crippen LogP contribution in [0.15, 0.2) is 47.4 Å². The SMILES string of the molecule is CN1CCN(CCCN(C)c2ccc(Cn3cc(C(F)(F)F)ccc3=O)cc2)CC1. The highest BCUT2D eigenvalue weighted by atomic mass is 19.4. The van der Waals surface area contributed by atoms with Gasteiger partial charge in [-0.05, 0) is 43.8 Å². The van der Waals surface area contributed by atoms with E-state index in [1.54, 1.807) is 0 Å². The van der Waals surface area contributed by atoms with Gasteiger partial charge in [0.2, 0.25) is 0 Å². The van der Waals surface area contributed by atoms with Crippen molar-refractivity contribution >= 4 is 5.69 Å². The number of benzene rings is 1. The van der Waals surface area contributed by atoms with Crippen molar-refractivity contribution in [1.82, 2.24) is 14.4 Å². The Morgan fingerprint density at radius 3 is 2.30 bits per heavy atom. The number of pyridine rings is 1. The molecular weight excluding hydrogens is 393 g/mol. The van der Waals surface area contributed by atoms with Crippen molar-refractivity contribution in [2.75, 3.05) is 58.3 Å². The first kappa shape index (κ1) is 22.4. The Balaban J connectivity index is 1.54. The molecule has 30 heavy (non-hydrogen) atoms. The number of hydrogen-bond donors (Lipinski definition) is 0. The Labute approximate surface area is 175 Å². The van der Waals surface area contributed by atoms with Gasteiger partial charge >= 0.3 is 6.18 Å². The van der Waals surface area contributed by atoms with Gasteiger partial charge in [-0.3, -0.25) is 4.79 Å². The fraction of sp³-hybridized carbons (Fsp3) is 0.500. The Morgan fingerprint density at radius 1 is 1.00 bits per heavy atom. The molecule has 0 spiro atoms. The molecule has 1 saturated heterocycles. The fourth-order valence-corrected chi connectivity index (χ4v) is 3.61. The monoisotopic (exact) mass is 422 g/mol. The van der Waals surface area contributed by atoms with Gasteiger partial charge in [-0.15, -0.1) is 0 Å². The first-order chi connectivity index (χ1) is 14.2. The van der Waals surface area contributed by atoms with Gasteiger partial charge < -0.3 is 19.3 Å². The summed E-state index contributed by atoms with van der Waals surface area (Å²) < 4.78 is 39.8. The molecule has 164 valence electrons. The molecule has 8 heteroatoms. The summed E-state index contributed by atoms with van der Waals surface area (Å²) in [7, 11) is 4.19. The zero-order chi connectivity index (χ0) is 21.7. The van der Waals surface area contributed by atoms with E-state index in [2.05, 4.69) is 21.7 Å². The third-order valence-electron chi connectivity index (χ3n) is 5.60. The van der Waals surface area contributed by atoms with Gasteiger partial charge in [0, 0.05) is 57.7 Å². The molecule has 0 atom stereocenters. The van der Waals surface area contributed by atoms with Crippen molar-refractivity contribution in [3.63, 3.8) is 0 Å². The highest BCUT2D eigenvalue weighted by molar-refractivity contribution is 5.46. The lowest BCUT2D eigenvalue weighted by Gasteiger charge is -2.32. The molecule has 1 aliphatic rings. The molecule has 2 aromatic rings. The van der Waals surface area contributed by atoms with E-state index >= 15 is 0 Å². The predicted molar refractivity (Wildman–Crippen MR) is 113 cm³/mol. The number of piperazine rings is 1. The van der Waals surface area contributed by atoms with Crippen LogP contribution in [0.5, 0.6) is 0 Å². The van der Waals surface area contributed by atoms with Gasteiger partial charge in [-0.25, -0.2) is 0 Å². The normalized spacial score (nSPS) is 16.0. The maximum atomic E-state index is 12.9. The molecule has 0 aliphatic carbocycles. The van der Waals surface area contributed by atoms with Crippen LogP contribution in [-0.4, -0.2) is 67.7 Å². The van der Waals surface area contributed by atoms with Crippen LogP contribution in [0.4, 0.5) is 18.9 Å². The molecule has 3 rings (SSSR count). The molecule has 1 aliphatic heterocycles. The van der Waals surface area contributed by atoms with E-state index in [1.807, 2.05) is 31.3 Å². The average Bonchev–Trinajstić information content (AvgIpc) is 2.71. The Morgan fingerprint density at radius 2 is 1.67 bits per heavy atom. The van der Waals surface area contributed by atoms with Gasteiger partial charge in [-0.2, -0.15) is 13.2 Å². The van der Waals surface area contributed by atoms with E-state index in [9.17, 15) is 18.0 Å². The van der Waals surface area contributed by atoms with Gasteiger partial charge in [0.1, 0.15) is 0 Å². The molecule has 1 aromatic heterocycles. The van der Waals surface area contributed by atoms with E-state index in [0.29, 0.717) is 0 Å². The Bertz CT molecular complexity index is 871. The Hall–Kier alpha value is -2.32. The van der Waals surface area contributed by atoms with Crippen molar-refractivity contribution in [1.29, 1.82) is 0 Å². The van der Waals surface area contributed by atoms with Crippen molar-refractivity contribution < 1.29 is 13.2 Å². The van der Waals surface area contributed by atoms with E-state index in [4.69, 9.17) is 0 Å². The summed E-state index contributed by atoms with van der Waals surface area (Å²) in [5.41, 5.74) is 0.562. The summed E-state index contributed by atoms with van der Waals surface area (Å²) >= 11 is 0. The average molecular weight is 422 g/mol.